The SMILES string of the molecule is CCc1ccc2c(c1)N(C)NN2. The first-order valence-electron chi connectivity index (χ1n) is 4.19. The molecule has 0 radical (unpaired) electrons. The maximum atomic E-state index is 3.08. The van der Waals surface area contributed by atoms with E-state index in [1.54, 1.807) is 0 Å². The van der Waals surface area contributed by atoms with E-state index in [1.165, 1.54) is 11.3 Å². The fourth-order valence-electron chi connectivity index (χ4n) is 1.38. The van der Waals surface area contributed by atoms with Crippen LogP contribution in [-0.4, -0.2) is 7.05 Å². The number of nitrogens with one attached hydrogen (secondary N) is 2. The van der Waals surface area contributed by atoms with Crippen molar-refractivity contribution in [3.05, 3.63) is 23.8 Å². The van der Waals surface area contributed by atoms with E-state index in [9.17, 15) is 0 Å². The van der Waals surface area contributed by atoms with Crippen LogP contribution in [0.5, 0.6) is 0 Å². The molecule has 0 bridgehead atoms. The molecule has 1 aromatic rings. The highest BCUT2D eigenvalue weighted by Crippen LogP contribution is 2.28. The van der Waals surface area contributed by atoms with Gasteiger partial charge in [0, 0.05) is 7.05 Å². The number of rotatable bonds is 1. The summed E-state index contributed by atoms with van der Waals surface area (Å²) in [6, 6.07) is 6.44. The largest absolute Gasteiger partial charge is 0.302 e. The van der Waals surface area contributed by atoms with Crippen LogP contribution in [0.25, 0.3) is 0 Å². The summed E-state index contributed by atoms with van der Waals surface area (Å²) in [5.74, 6) is 0. The molecule has 3 nitrogen and oxygen atoms in total. The second-order valence-corrected chi connectivity index (χ2v) is 3.00. The van der Waals surface area contributed by atoms with Crippen LogP contribution in [0.4, 0.5) is 11.4 Å². The number of aryl methyl sites for hydroxylation is 1. The summed E-state index contributed by atoms with van der Waals surface area (Å²) < 4.78 is 0. The lowest BCUT2D eigenvalue weighted by Gasteiger charge is -2.10. The molecule has 0 fully saturated rings. The van der Waals surface area contributed by atoms with Gasteiger partial charge in [0.05, 0.1) is 11.4 Å². The summed E-state index contributed by atoms with van der Waals surface area (Å²) >= 11 is 0. The van der Waals surface area contributed by atoms with Crippen LogP contribution >= 0.6 is 0 Å². The van der Waals surface area contributed by atoms with Gasteiger partial charge in [0.2, 0.25) is 0 Å². The zero-order chi connectivity index (χ0) is 8.55. The zero-order valence-corrected chi connectivity index (χ0v) is 7.39. The molecule has 64 valence electrons. The maximum absolute atomic E-state index is 3.08. The smallest absolute Gasteiger partial charge is 0.0782 e. The average molecular weight is 163 g/mol. The molecule has 0 aliphatic carbocycles. The molecule has 1 aliphatic heterocycles. The van der Waals surface area contributed by atoms with Crippen molar-refractivity contribution in [1.82, 2.24) is 5.53 Å². The topological polar surface area (TPSA) is 27.3 Å². The number of benzene rings is 1. The van der Waals surface area contributed by atoms with Crippen LogP contribution in [0.15, 0.2) is 18.2 Å². The molecule has 12 heavy (non-hydrogen) atoms. The van der Waals surface area contributed by atoms with Crippen molar-refractivity contribution in [3.63, 3.8) is 0 Å². The third-order valence-electron chi connectivity index (χ3n) is 2.19. The molecule has 0 amide bonds. The summed E-state index contributed by atoms with van der Waals surface area (Å²) in [7, 11) is 2.00. The lowest BCUT2D eigenvalue weighted by molar-refractivity contribution is 0.820. The Morgan fingerprint density at radius 2 is 2.25 bits per heavy atom. The van der Waals surface area contributed by atoms with Crippen molar-refractivity contribution >= 4 is 11.4 Å². The van der Waals surface area contributed by atoms with Gasteiger partial charge in [0.25, 0.3) is 0 Å². The molecule has 0 saturated heterocycles. The monoisotopic (exact) mass is 163 g/mol. The van der Waals surface area contributed by atoms with Gasteiger partial charge in [-0.05, 0) is 24.1 Å². The number of fused-ring (bicyclic) bond motifs is 1. The summed E-state index contributed by atoms with van der Waals surface area (Å²) in [5.41, 5.74) is 9.83. The van der Waals surface area contributed by atoms with Gasteiger partial charge in [-0.25, -0.2) is 0 Å². The minimum Gasteiger partial charge on any atom is -0.302 e. The van der Waals surface area contributed by atoms with Gasteiger partial charge in [0.1, 0.15) is 0 Å². The predicted molar refractivity (Wildman–Crippen MR) is 51.0 cm³/mol. The summed E-state index contributed by atoms with van der Waals surface area (Å²) in [4.78, 5) is 0. The highest BCUT2D eigenvalue weighted by Gasteiger charge is 2.13. The summed E-state index contributed by atoms with van der Waals surface area (Å²) in [6.07, 6.45) is 1.08. The van der Waals surface area contributed by atoms with Crippen molar-refractivity contribution in [2.45, 2.75) is 13.3 Å². The quantitative estimate of drug-likeness (QED) is 0.657. The molecule has 0 saturated carbocycles. The second kappa shape index (κ2) is 2.68. The van der Waals surface area contributed by atoms with E-state index in [-0.39, 0.29) is 0 Å². The van der Waals surface area contributed by atoms with Gasteiger partial charge in [-0.3, -0.25) is 5.01 Å². The zero-order valence-electron chi connectivity index (χ0n) is 7.39. The Bertz CT molecular complexity index is 296. The number of nitrogens with zero attached hydrogens (tertiary/aromatic N) is 1. The molecule has 2 N–H and O–H groups in total. The van der Waals surface area contributed by atoms with Crippen LogP contribution in [0.3, 0.4) is 0 Å². The summed E-state index contributed by atoms with van der Waals surface area (Å²) in [6.45, 7) is 2.16. The molecule has 0 spiro atoms. The van der Waals surface area contributed by atoms with E-state index in [4.69, 9.17) is 0 Å². The average Bonchev–Trinajstić information content (AvgIpc) is 2.47. The van der Waals surface area contributed by atoms with E-state index >= 15 is 0 Å². The van der Waals surface area contributed by atoms with Gasteiger partial charge in [0.15, 0.2) is 0 Å². The normalized spacial score (nSPS) is 14.3. The van der Waals surface area contributed by atoms with E-state index in [0.29, 0.717) is 0 Å². The molecule has 1 aromatic carbocycles. The van der Waals surface area contributed by atoms with E-state index in [0.717, 1.165) is 12.1 Å². The molecule has 1 heterocycles. The standard InChI is InChI=1S/C9H13N3/c1-3-7-4-5-8-9(6-7)12(2)11-10-8/h4-6,10-11H,3H2,1-2H3. The summed E-state index contributed by atoms with van der Waals surface area (Å²) in [5, 5.41) is 1.98. The minimum atomic E-state index is 1.08. The molecular weight excluding hydrogens is 150 g/mol. The van der Waals surface area contributed by atoms with Crippen molar-refractivity contribution < 1.29 is 0 Å². The minimum absolute atomic E-state index is 1.08. The first-order chi connectivity index (χ1) is 5.81. The molecule has 0 aromatic heterocycles. The number of hydrazine groups is 2. The van der Waals surface area contributed by atoms with Gasteiger partial charge in [-0.2, -0.15) is 0 Å². The Hall–Kier alpha value is -1.22. The highest BCUT2D eigenvalue weighted by atomic mass is 15.7. The number of anilines is 2. The van der Waals surface area contributed by atoms with E-state index in [1.807, 2.05) is 12.1 Å². The first kappa shape index (κ1) is 7.43. The Labute approximate surface area is 72.3 Å². The molecule has 0 unspecified atom stereocenters. The third-order valence-corrected chi connectivity index (χ3v) is 2.19. The molecule has 3 heteroatoms. The fraction of sp³-hybridized carbons (Fsp3) is 0.333. The Kier molecular flexibility index (Phi) is 1.66. The Morgan fingerprint density at radius 1 is 1.42 bits per heavy atom. The lowest BCUT2D eigenvalue weighted by atomic mass is 10.1. The van der Waals surface area contributed by atoms with Gasteiger partial charge >= 0.3 is 0 Å². The van der Waals surface area contributed by atoms with E-state index in [2.05, 4.69) is 36.1 Å². The third kappa shape index (κ3) is 1.02. The number of hydrogen-bond acceptors (Lipinski definition) is 3. The van der Waals surface area contributed by atoms with Crippen LogP contribution in [0.2, 0.25) is 0 Å². The molecule has 1 aliphatic rings. The predicted octanol–water partition coefficient (Wildman–Crippen LogP) is 1.53. The molecule has 2 rings (SSSR count). The van der Waals surface area contributed by atoms with Crippen molar-refractivity contribution in [2.75, 3.05) is 17.5 Å². The van der Waals surface area contributed by atoms with E-state index < -0.39 is 0 Å². The second-order valence-electron chi connectivity index (χ2n) is 3.00. The Morgan fingerprint density at radius 3 is 3.00 bits per heavy atom. The molecule has 0 atom stereocenters. The number of hydrogen-bond donors (Lipinski definition) is 2. The molecular formula is C9H13N3. The fourth-order valence-corrected chi connectivity index (χ4v) is 1.38. The van der Waals surface area contributed by atoms with Crippen molar-refractivity contribution in [1.29, 1.82) is 0 Å². The van der Waals surface area contributed by atoms with Crippen LogP contribution in [0.1, 0.15) is 12.5 Å². The van der Waals surface area contributed by atoms with Gasteiger partial charge in [-0.15, -0.1) is 5.53 Å². The van der Waals surface area contributed by atoms with Crippen molar-refractivity contribution in [2.24, 2.45) is 0 Å². The van der Waals surface area contributed by atoms with Crippen LogP contribution in [0, 0.1) is 0 Å². The first-order valence-corrected chi connectivity index (χ1v) is 4.19. The van der Waals surface area contributed by atoms with Crippen LogP contribution in [-0.2, 0) is 6.42 Å². The van der Waals surface area contributed by atoms with Gasteiger partial charge in [-0.1, -0.05) is 13.0 Å². The van der Waals surface area contributed by atoms with Crippen LogP contribution < -0.4 is 16.0 Å². The highest BCUT2D eigenvalue weighted by molar-refractivity contribution is 5.73. The van der Waals surface area contributed by atoms with Gasteiger partial charge < -0.3 is 5.43 Å². The lowest BCUT2D eigenvalue weighted by Crippen LogP contribution is -2.31. The maximum Gasteiger partial charge on any atom is 0.0782 e. The van der Waals surface area contributed by atoms with Crippen molar-refractivity contribution in [3.8, 4) is 0 Å². The Balaban J connectivity index is 2.43.